The van der Waals surface area contributed by atoms with Gasteiger partial charge in [-0.15, -0.1) is 0 Å². The maximum absolute atomic E-state index is 11.7. The number of anilines is 1. The van der Waals surface area contributed by atoms with Gasteiger partial charge in [-0.2, -0.15) is 0 Å². The number of nitrogens with one attached hydrogen (secondary N) is 1. The molecule has 3 N–H and O–H groups in total. The molecule has 0 spiro atoms. The van der Waals surface area contributed by atoms with E-state index in [1.54, 1.807) is 0 Å². The van der Waals surface area contributed by atoms with E-state index >= 15 is 0 Å². The fourth-order valence-corrected chi connectivity index (χ4v) is 2.88. The Balaban J connectivity index is 2.28. The highest BCUT2D eigenvalue weighted by Crippen LogP contribution is 2.30. The van der Waals surface area contributed by atoms with Crippen molar-refractivity contribution in [2.75, 3.05) is 4.72 Å². The van der Waals surface area contributed by atoms with Crippen LogP contribution in [0.4, 0.5) is 5.69 Å². The molecule has 1 aliphatic carbocycles. The third-order valence-corrected chi connectivity index (χ3v) is 4.53. The van der Waals surface area contributed by atoms with E-state index in [-0.39, 0.29) is 21.6 Å². The fourth-order valence-electron chi connectivity index (χ4n) is 1.29. The van der Waals surface area contributed by atoms with Gasteiger partial charge in [-0.1, -0.05) is 11.6 Å². The van der Waals surface area contributed by atoms with Crippen LogP contribution in [0.2, 0.25) is 5.15 Å². The average Bonchev–Trinajstić information content (AvgIpc) is 3.04. The minimum atomic E-state index is -3.44. The quantitative estimate of drug-likeness (QED) is 0.500. The van der Waals surface area contributed by atoms with E-state index in [0.29, 0.717) is 12.8 Å². The van der Waals surface area contributed by atoms with E-state index in [1.165, 1.54) is 12.3 Å². The Bertz CT molecular complexity index is 532. The van der Waals surface area contributed by atoms with Crippen molar-refractivity contribution in [3.8, 4) is 0 Å². The molecule has 1 aromatic heterocycles. The second-order valence-corrected chi connectivity index (χ2v) is 6.15. The Kier molecular flexibility index (Phi) is 3.31. The lowest BCUT2D eigenvalue weighted by Gasteiger charge is -2.09. The van der Waals surface area contributed by atoms with E-state index in [4.69, 9.17) is 21.6 Å². The van der Waals surface area contributed by atoms with Gasteiger partial charge in [0.1, 0.15) is 0 Å². The van der Waals surface area contributed by atoms with Gasteiger partial charge in [-0.3, -0.25) is 4.72 Å². The van der Waals surface area contributed by atoms with Crippen LogP contribution in [0.3, 0.4) is 0 Å². The van der Waals surface area contributed by atoms with Gasteiger partial charge in [0.25, 0.3) is 0 Å². The summed E-state index contributed by atoms with van der Waals surface area (Å²) in [7, 11) is -5.16. The normalized spacial score (nSPS) is 15.7. The zero-order valence-corrected chi connectivity index (χ0v) is 10.2. The molecule has 1 aromatic rings. The summed E-state index contributed by atoms with van der Waals surface area (Å²) < 4.78 is 25.6. The van der Waals surface area contributed by atoms with Gasteiger partial charge in [0.15, 0.2) is 5.15 Å². The SMILES string of the molecule is O=S(=O)(Nc1cc(B(O)O)cnc1Cl)C1CC1. The van der Waals surface area contributed by atoms with E-state index in [1.807, 2.05) is 0 Å². The van der Waals surface area contributed by atoms with Crippen LogP contribution < -0.4 is 10.2 Å². The van der Waals surface area contributed by atoms with Crippen molar-refractivity contribution in [2.45, 2.75) is 18.1 Å². The molecule has 0 aromatic carbocycles. The lowest BCUT2D eigenvalue weighted by molar-refractivity contribution is 0.425. The van der Waals surface area contributed by atoms with Crippen LogP contribution in [0.15, 0.2) is 12.3 Å². The van der Waals surface area contributed by atoms with Gasteiger partial charge >= 0.3 is 7.12 Å². The molecule has 1 aliphatic rings. The number of sulfonamides is 1. The van der Waals surface area contributed by atoms with Crippen molar-refractivity contribution in [1.29, 1.82) is 0 Å². The first-order chi connectivity index (χ1) is 7.90. The molecule has 6 nitrogen and oxygen atoms in total. The van der Waals surface area contributed by atoms with Gasteiger partial charge in [-0.25, -0.2) is 13.4 Å². The molecular formula is C8H10BClN2O4S. The summed E-state index contributed by atoms with van der Waals surface area (Å²) in [5.41, 5.74) is 0.132. The van der Waals surface area contributed by atoms with Gasteiger partial charge in [-0.05, 0) is 18.9 Å². The Morgan fingerprint density at radius 2 is 2.12 bits per heavy atom. The maximum atomic E-state index is 11.7. The summed E-state index contributed by atoms with van der Waals surface area (Å²) in [6, 6.07) is 1.25. The highest BCUT2D eigenvalue weighted by Gasteiger charge is 2.36. The van der Waals surface area contributed by atoms with E-state index in [0.717, 1.165) is 0 Å². The van der Waals surface area contributed by atoms with Crippen LogP contribution in [-0.4, -0.2) is 35.8 Å². The van der Waals surface area contributed by atoms with Crippen molar-refractivity contribution < 1.29 is 18.5 Å². The Morgan fingerprint density at radius 3 is 2.65 bits per heavy atom. The van der Waals surface area contributed by atoms with Crippen LogP contribution in [0, 0.1) is 0 Å². The molecule has 0 saturated heterocycles. The van der Waals surface area contributed by atoms with Crippen LogP contribution in [0.1, 0.15) is 12.8 Å². The van der Waals surface area contributed by atoms with Gasteiger partial charge in [0, 0.05) is 11.7 Å². The molecule has 0 amide bonds. The number of hydrogen-bond donors (Lipinski definition) is 3. The zero-order chi connectivity index (χ0) is 12.6. The van der Waals surface area contributed by atoms with E-state index in [9.17, 15) is 8.42 Å². The Labute approximate surface area is 104 Å². The van der Waals surface area contributed by atoms with Gasteiger partial charge < -0.3 is 10.0 Å². The first-order valence-corrected chi connectivity index (χ1v) is 6.86. The van der Waals surface area contributed by atoms with Crippen molar-refractivity contribution in [3.05, 3.63) is 17.4 Å². The minimum absolute atomic E-state index is 0.0291. The Hall–Kier alpha value is -0.825. The maximum Gasteiger partial charge on any atom is 0.490 e. The third-order valence-electron chi connectivity index (χ3n) is 2.37. The molecule has 1 heterocycles. The van der Waals surface area contributed by atoms with E-state index in [2.05, 4.69) is 9.71 Å². The largest absolute Gasteiger partial charge is 0.490 e. The summed E-state index contributed by atoms with van der Waals surface area (Å²) in [6.07, 6.45) is 2.42. The zero-order valence-electron chi connectivity index (χ0n) is 8.67. The van der Waals surface area contributed by atoms with Gasteiger partial charge in [0.2, 0.25) is 10.0 Å². The number of nitrogens with zero attached hydrogens (tertiary/aromatic N) is 1. The summed E-state index contributed by atoms with van der Waals surface area (Å²) in [5.74, 6) is 0. The molecule has 9 heteroatoms. The highest BCUT2D eigenvalue weighted by atomic mass is 35.5. The molecule has 92 valence electrons. The number of aromatic nitrogens is 1. The van der Waals surface area contributed by atoms with Crippen LogP contribution in [-0.2, 0) is 10.0 Å². The number of hydrogen-bond acceptors (Lipinski definition) is 5. The lowest BCUT2D eigenvalue weighted by Crippen LogP contribution is -2.31. The third kappa shape index (κ3) is 2.89. The van der Waals surface area contributed by atoms with Crippen LogP contribution >= 0.6 is 11.6 Å². The molecule has 0 atom stereocenters. The topological polar surface area (TPSA) is 99.5 Å². The van der Waals surface area contributed by atoms with Gasteiger partial charge in [0.05, 0.1) is 10.9 Å². The average molecular weight is 277 g/mol. The van der Waals surface area contributed by atoms with Crippen molar-refractivity contribution in [2.24, 2.45) is 0 Å². The van der Waals surface area contributed by atoms with Crippen molar-refractivity contribution in [3.63, 3.8) is 0 Å². The molecule has 17 heavy (non-hydrogen) atoms. The molecular weight excluding hydrogens is 266 g/mol. The predicted octanol–water partition coefficient (Wildman–Crippen LogP) is -0.681. The second kappa shape index (κ2) is 4.45. The molecule has 0 radical (unpaired) electrons. The Morgan fingerprint density at radius 1 is 1.47 bits per heavy atom. The smallest absolute Gasteiger partial charge is 0.423 e. The predicted molar refractivity (Wildman–Crippen MR) is 64.6 cm³/mol. The number of rotatable bonds is 4. The monoisotopic (exact) mass is 276 g/mol. The molecule has 1 fully saturated rings. The first kappa shape index (κ1) is 12.6. The standard InChI is InChI=1S/C8H10BClN2O4S/c10-8-7(3-5(4-11-8)9(13)14)12-17(15,16)6-1-2-6/h3-4,6,12-14H,1-2H2. The van der Waals surface area contributed by atoms with Crippen LogP contribution in [0.5, 0.6) is 0 Å². The summed E-state index contributed by atoms with van der Waals surface area (Å²) in [4.78, 5) is 3.68. The number of pyridine rings is 1. The summed E-state index contributed by atoms with van der Waals surface area (Å²) in [6.45, 7) is 0. The molecule has 0 aliphatic heterocycles. The van der Waals surface area contributed by atoms with E-state index < -0.39 is 17.1 Å². The molecule has 0 unspecified atom stereocenters. The molecule has 0 bridgehead atoms. The highest BCUT2D eigenvalue weighted by molar-refractivity contribution is 7.93. The lowest BCUT2D eigenvalue weighted by atomic mass is 9.81. The molecule has 1 saturated carbocycles. The second-order valence-electron chi connectivity index (χ2n) is 3.83. The fraction of sp³-hybridized carbons (Fsp3) is 0.375. The molecule has 2 rings (SSSR count). The van der Waals surface area contributed by atoms with Crippen molar-refractivity contribution >= 4 is 39.9 Å². The van der Waals surface area contributed by atoms with Crippen LogP contribution in [0.25, 0.3) is 0 Å². The first-order valence-electron chi connectivity index (χ1n) is 4.93. The summed E-state index contributed by atoms with van der Waals surface area (Å²) >= 11 is 5.73. The summed E-state index contributed by atoms with van der Waals surface area (Å²) in [5, 5.41) is 17.5. The number of halogens is 1. The van der Waals surface area contributed by atoms with Crippen molar-refractivity contribution in [1.82, 2.24) is 4.98 Å². The minimum Gasteiger partial charge on any atom is -0.423 e.